The van der Waals surface area contributed by atoms with Crippen molar-refractivity contribution in [1.82, 2.24) is 10.3 Å². The van der Waals surface area contributed by atoms with Crippen LogP contribution >= 0.6 is 0 Å². The fraction of sp³-hybridized carbons (Fsp3) is 0.125. The molecule has 2 aromatic carbocycles. The molecule has 5 nitrogen and oxygen atoms in total. The van der Waals surface area contributed by atoms with Crippen LogP contribution in [0.2, 0.25) is 0 Å². The maximum atomic E-state index is 12.3. The molecule has 0 radical (unpaired) electrons. The van der Waals surface area contributed by atoms with Crippen molar-refractivity contribution < 1.29 is 9.21 Å². The third kappa shape index (κ3) is 2.78. The summed E-state index contributed by atoms with van der Waals surface area (Å²) >= 11 is 0. The van der Waals surface area contributed by atoms with Gasteiger partial charge in [0.1, 0.15) is 5.52 Å². The molecule has 106 valence electrons. The van der Waals surface area contributed by atoms with Crippen LogP contribution < -0.4 is 10.6 Å². The first-order chi connectivity index (χ1) is 10.3. The summed E-state index contributed by atoms with van der Waals surface area (Å²) in [6, 6.07) is 13.0. The van der Waals surface area contributed by atoms with Crippen LogP contribution in [0.5, 0.6) is 0 Å². The van der Waals surface area contributed by atoms with Gasteiger partial charge in [0, 0.05) is 12.2 Å². The van der Waals surface area contributed by atoms with E-state index in [4.69, 9.17) is 4.42 Å². The minimum absolute atomic E-state index is 0.198. The number of para-hydroxylation sites is 1. The Morgan fingerprint density at radius 1 is 1.19 bits per heavy atom. The highest BCUT2D eigenvalue weighted by Crippen LogP contribution is 2.18. The van der Waals surface area contributed by atoms with Gasteiger partial charge >= 0.3 is 0 Å². The summed E-state index contributed by atoms with van der Waals surface area (Å²) in [5, 5.41) is 5.95. The Labute approximate surface area is 122 Å². The number of oxazole rings is 1. The maximum absolute atomic E-state index is 12.3. The highest BCUT2D eigenvalue weighted by molar-refractivity contribution is 6.11. The highest BCUT2D eigenvalue weighted by atomic mass is 16.3. The van der Waals surface area contributed by atoms with Gasteiger partial charge in [-0.15, -0.1) is 0 Å². The summed E-state index contributed by atoms with van der Waals surface area (Å²) in [5.41, 5.74) is 3.59. The maximum Gasteiger partial charge on any atom is 0.258 e. The van der Waals surface area contributed by atoms with Gasteiger partial charge in [-0.25, -0.2) is 4.98 Å². The number of nitrogens with zero attached hydrogens (tertiary/aromatic N) is 1. The van der Waals surface area contributed by atoms with Crippen LogP contribution in [0.15, 0.2) is 53.3 Å². The Morgan fingerprint density at radius 3 is 2.76 bits per heavy atom. The first-order valence-corrected chi connectivity index (χ1v) is 6.65. The van der Waals surface area contributed by atoms with Gasteiger partial charge in [-0.3, -0.25) is 4.79 Å². The van der Waals surface area contributed by atoms with E-state index >= 15 is 0 Å². The van der Waals surface area contributed by atoms with Crippen molar-refractivity contribution in [3.63, 3.8) is 0 Å². The number of anilines is 1. The van der Waals surface area contributed by atoms with E-state index in [1.165, 1.54) is 6.39 Å². The van der Waals surface area contributed by atoms with Crippen LogP contribution in [0.25, 0.3) is 11.1 Å². The van der Waals surface area contributed by atoms with Crippen LogP contribution in [-0.2, 0) is 6.54 Å². The highest BCUT2D eigenvalue weighted by Gasteiger charge is 2.12. The summed E-state index contributed by atoms with van der Waals surface area (Å²) in [7, 11) is 1.90. The average Bonchev–Trinajstić information content (AvgIpc) is 2.98. The lowest BCUT2D eigenvalue weighted by molar-refractivity contribution is 0.102. The van der Waals surface area contributed by atoms with E-state index in [1.807, 2.05) is 31.3 Å². The molecule has 0 atom stereocenters. The monoisotopic (exact) mass is 281 g/mol. The van der Waals surface area contributed by atoms with Crippen molar-refractivity contribution in [2.24, 2.45) is 0 Å². The van der Waals surface area contributed by atoms with E-state index in [0.717, 1.165) is 17.8 Å². The average molecular weight is 281 g/mol. The van der Waals surface area contributed by atoms with Gasteiger partial charge < -0.3 is 15.1 Å². The minimum Gasteiger partial charge on any atom is -0.443 e. The number of rotatable bonds is 4. The van der Waals surface area contributed by atoms with Crippen LogP contribution in [0.1, 0.15) is 15.9 Å². The van der Waals surface area contributed by atoms with Gasteiger partial charge in [-0.2, -0.15) is 0 Å². The molecular formula is C16H15N3O2. The van der Waals surface area contributed by atoms with Crippen molar-refractivity contribution in [3.05, 3.63) is 60.0 Å². The molecule has 1 amide bonds. The van der Waals surface area contributed by atoms with Crippen LogP contribution in [0, 0.1) is 0 Å². The molecule has 0 spiro atoms. The third-order valence-corrected chi connectivity index (χ3v) is 3.20. The second-order valence-electron chi connectivity index (χ2n) is 4.69. The summed E-state index contributed by atoms with van der Waals surface area (Å²) in [5.74, 6) is -0.198. The van der Waals surface area contributed by atoms with Crippen molar-refractivity contribution in [2.75, 3.05) is 12.4 Å². The van der Waals surface area contributed by atoms with E-state index in [9.17, 15) is 4.79 Å². The molecule has 0 aliphatic rings. The van der Waals surface area contributed by atoms with Crippen LogP contribution in [0.3, 0.4) is 0 Å². The van der Waals surface area contributed by atoms with E-state index < -0.39 is 0 Å². The Kier molecular flexibility index (Phi) is 3.66. The molecule has 5 heteroatoms. The molecule has 21 heavy (non-hydrogen) atoms. The molecule has 2 N–H and O–H groups in total. The molecule has 0 fully saturated rings. The van der Waals surface area contributed by atoms with Crippen molar-refractivity contribution >= 4 is 22.7 Å². The Morgan fingerprint density at radius 2 is 2.00 bits per heavy atom. The van der Waals surface area contributed by atoms with E-state index in [1.54, 1.807) is 18.2 Å². The summed E-state index contributed by atoms with van der Waals surface area (Å²) < 4.78 is 5.20. The number of aromatic nitrogens is 1. The lowest BCUT2D eigenvalue weighted by Gasteiger charge is -2.07. The van der Waals surface area contributed by atoms with Gasteiger partial charge in [0.25, 0.3) is 5.91 Å². The number of carbonyl (C=O) groups excluding carboxylic acids is 1. The Balaban J connectivity index is 1.81. The van der Waals surface area contributed by atoms with Gasteiger partial charge in [0.2, 0.25) is 0 Å². The first kappa shape index (κ1) is 13.3. The molecule has 0 saturated carbocycles. The number of amides is 1. The quantitative estimate of drug-likeness (QED) is 0.771. The predicted octanol–water partition coefficient (Wildman–Crippen LogP) is 2.80. The largest absolute Gasteiger partial charge is 0.443 e. The van der Waals surface area contributed by atoms with Crippen molar-refractivity contribution in [2.45, 2.75) is 6.54 Å². The van der Waals surface area contributed by atoms with Gasteiger partial charge in [-0.1, -0.05) is 18.2 Å². The van der Waals surface area contributed by atoms with E-state index in [-0.39, 0.29) is 5.91 Å². The number of hydrogen-bond donors (Lipinski definition) is 2. The van der Waals surface area contributed by atoms with E-state index in [2.05, 4.69) is 15.6 Å². The van der Waals surface area contributed by atoms with Crippen molar-refractivity contribution in [3.8, 4) is 0 Å². The number of hydrogen-bond acceptors (Lipinski definition) is 4. The fourth-order valence-electron chi connectivity index (χ4n) is 2.18. The number of benzene rings is 2. The number of carbonyl (C=O) groups is 1. The Bertz CT molecular complexity index is 763. The molecule has 0 aliphatic carbocycles. The summed E-state index contributed by atoms with van der Waals surface area (Å²) in [6.07, 6.45) is 1.34. The lowest BCUT2D eigenvalue weighted by atomic mass is 10.1. The molecule has 0 aliphatic heterocycles. The molecule has 0 saturated heterocycles. The first-order valence-electron chi connectivity index (χ1n) is 6.65. The molecular weight excluding hydrogens is 266 g/mol. The fourth-order valence-corrected chi connectivity index (χ4v) is 2.18. The molecule has 3 aromatic rings. The summed E-state index contributed by atoms with van der Waals surface area (Å²) in [6.45, 7) is 0.798. The SMILES string of the molecule is CNCc1ccc(NC(=O)c2cccc3ocnc23)cc1. The zero-order valence-corrected chi connectivity index (χ0v) is 11.6. The second kappa shape index (κ2) is 5.76. The topological polar surface area (TPSA) is 67.2 Å². The van der Waals surface area contributed by atoms with Gasteiger partial charge in [-0.05, 0) is 36.9 Å². The molecule has 0 bridgehead atoms. The minimum atomic E-state index is -0.198. The van der Waals surface area contributed by atoms with Gasteiger partial charge in [0.05, 0.1) is 5.56 Å². The molecule has 0 unspecified atom stereocenters. The van der Waals surface area contributed by atoms with Crippen LogP contribution in [0.4, 0.5) is 5.69 Å². The molecule has 3 rings (SSSR count). The third-order valence-electron chi connectivity index (χ3n) is 3.20. The Hall–Kier alpha value is -2.66. The standard InChI is InChI=1S/C16H15N3O2/c1-17-9-11-5-7-12(8-6-11)19-16(20)13-3-2-4-14-15(13)18-10-21-14/h2-8,10,17H,9H2,1H3,(H,19,20). The zero-order valence-electron chi connectivity index (χ0n) is 11.6. The van der Waals surface area contributed by atoms with Crippen molar-refractivity contribution in [1.29, 1.82) is 0 Å². The number of fused-ring (bicyclic) bond motifs is 1. The second-order valence-corrected chi connectivity index (χ2v) is 4.69. The zero-order chi connectivity index (χ0) is 14.7. The summed E-state index contributed by atoms with van der Waals surface area (Å²) in [4.78, 5) is 16.4. The smallest absolute Gasteiger partial charge is 0.258 e. The lowest BCUT2D eigenvalue weighted by Crippen LogP contribution is -2.12. The molecule has 1 aromatic heterocycles. The predicted molar refractivity (Wildman–Crippen MR) is 81.2 cm³/mol. The number of nitrogens with one attached hydrogen (secondary N) is 2. The van der Waals surface area contributed by atoms with E-state index in [0.29, 0.717) is 16.7 Å². The van der Waals surface area contributed by atoms with Gasteiger partial charge in [0.15, 0.2) is 12.0 Å². The van der Waals surface area contributed by atoms with Crippen LogP contribution in [-0.4, -0.2) is 17.9 Å². The molecule has 1 heterocycles. The normalized spacial score (nSPS) is 10.7.